The van der Waals surface area contributed by atoms with Crippen molar-refractivity contribution in [2.24, 2.45) is 0 Å². The van der Waals surface area contributed by atoms with Crippen LogP contribution in [0.1, 0.15) is 33.6 Å². The molecule has 0 aliphatic carbocycles. The summed E-state index contributed by atoms with van der Waals surface area (Å²) in [6.45, 7) is 5.34. The molecule has 0 saturated carbocycles. The highest BCUT2D eigenvalue weighted by atomic mass is 16.6. The van der Waals surface area contributed by atoms with E-state index in [1.165, 1.54) is 0 Å². The first-order chi connectivity index (χ1) is 10.7. The Hall–Kier alpha value is -2.57. The summed E-state index contributed by atoms with van der Waals surface area (Å²) >= 11 is 0. The molecule has 124 valence electrons. The van der Waals surface area contributed by atoms with Crippen LogP contribution in [-0.4, -0.2) is 29.6 Å². The molecule has 1 atom stereocenters. The lowest BCUT2D eigenvalue weighted by Crippen LogP contribution is -2.46. The molecule has 2 rings (SSSR count). The van der Waals surface area contributed by atoms with E-state index in [1.54, 1.807) is 45.0 Å². The van der Waals surface area contributed by atoms with E-state index in [9.17, 15) is 14.4 Å². The number of ether oxygens (including phenoxy) is 2. The normalized spacial score (nSPS) is 18.1. The first kappa shape index (κ1) is 16.8. The van der Waals surface area contributed by atoms with E-state index >= 15 is 0 Å². The molecule has 1 aliphatic heterocycles. The fourth-order valence-corrected chi connectivity index (χ4v) is 1.99. The van der Waals surface area contributed by atoms with E-state index in [-0.39, 0.29) is 12.3 Å². The lowest BCUT2D eigenvalue weighted by Gasteiger charge is -2.22. The number of nitrogens with one attached hydrogen (secondary N) is 2. The van der Waals surface area contributed by atoms with Gasteiger partial charge in [-0.2, -0.15) is 0 Å². The molecule has 1 fully saturated rings. The van der Waals surface area contributed by atoms with Gasteiger partial charge in [0, 0.05) is 18.5 Å². The third kappa shape index (κ3) is 5.28. The van der Waals surface area contributed by atoms with Gasteiger partial charge in [-0.1, -0.05) is 0 Å². The van der Waals surface area contributed by atoms with Crippen LogP contribution >= 0.6 is 0 Å². The standard InChI is InChI=1S/C16H20N2O5/c1-16(2,3)23-15(21)17-10-4-6-11(7-5-10)22-12-8-9-13(19)18-14(12)20/h4-7,12H,8-9H2,1-3H3,(H,17,21)(H,18,19,20). The van der Waals surface area contributed by atoms with E-state index in [4.69, 9.17) is 9.47 Å². The Kier molecular flexibility index (Phi) is 4.88. The van der Waals surface area contributed by atoms with Crippen molar-refractivity contribution in [3.05, 3.63) is 24.3 Å². The lowest BCUT2D eigenvalue weighted by molar-refractivity contribution is -0.138. The fourth-order valence-electron chi connectivity index (χ4n) is 1.99. The van der Waals surface area contributed by atoms with E-state index in [2.05, 4.69) is 10.6 Å². The predicted molar refractivity (Wildman–Crippen MR) is 83.1 cm³/mol. The zero-order chi connectivity index (χ0) is 17.0. The average molecular weight is 320 g/mol. The van der Waals surface area contributed by atoms with Crippen molar-refractivity contribution in [3.63, 3.8) is 0 Å². The van der Waals surface area contributed by atoms with Gasteiger partial charge in [-0.15, -0.1) is 0 Å². The summed E-state index contributed by atoms with van der Waals surface area (Å²) in [4.78, 5) is 34.4. The van der Waals surface area contributed by atoms with Crippen LogP contribution in [0.15, 0.2) is 24.3 Å². The molecule has 1 aromatic carbocycles. The minimum atomic E-state index is -0.683. The summed E-state index contributed by atoms with van der Waals surface area (Å²) in [6.07, 6.45) is -0.620. The summed E-state index contributed by atoms with van der Waals surface area (Å²) in [5.41, 5.74) is -0.0197. The maximum Gasteiger partial charge on any atom is 0.412 e. The number of hydrogen-bond acceptors (Lipinski definition) is 5. The Morgan fingerprint density at radius 3 is 2.43 bits per heavy atom. The number of carbonyl (C=O) groups excluding carboxylic acids is 3. The zero-order valence-electron chi connectivity index (χ0n) is 13.3. The van der Waals surface area contributed by atoms with Crippen LogP contribution in [0.2, 0.25) is 0 Å². The van der Waals surface area contributed by atoms with Crippen molar-refractivity contribution in [1.82, 2.24) is 5.32 Å². The summed E-state index contributed by atoms with van der Waals surface area (Å²) in [5.74, 6) is -0.238. The van der Waals surface area contributed by atoms with Gasteiger partial charge in [0.15, 0.2) is 6.10 Å². The van der Waals surface area contributed by atoms with Crippen molar-refractivity contribution in [2.75, 3.05) is 5.32 Å². The Morgan fingerprint density at radius 1 is 1.22 bits per heavy atom. The summed E-state index contributed by atoms with van der Waals surface area (Å²) in [7, 11) is 0. The van der Waals surface area contributed by atoms with E-state index in [0.29, 0.717) is 17.9 Å². The number of benzene rings is 1. The van der Waals surface area contributed by atoms with Gasteiger partial charge in [-0.25, -0.2) is 4.79 Å². The molecule has 0 bridgehead atoms. The van der Waals surface area contributed by atoms with Crippen LogP contribution in [0.5, 0.6) is 5.75 Å². The SMILES string of the molecule is CC(C)(C)OC(=O)Nc1ccc(OC2CCC(=O)NC2=O)cc1. The van der Waals surface area contributed by atoms with Gasteiger partial charge in [0.05, 0.1) is 0 Å². The Labute approximate surface area is 134 Å². The molecule has 0 spiro atoms. The molecule has 23 heavy (non-hydrogen) atoms. The van der Waals surface area contributed by atoms with Crippen LogP contribution in [-0.2, 0) is 14.3 Å². The lowest BCUT2D eigenvalue weighted by atomic mass is 10.1. The highest BCUT2D eigenvalue weighted by molar-refractivity contribution is 5.99. The highest BCUT2D eigenvalue weighted by Crippen LogP contribution is 2.20. The van der Waals surface area contributed by atoms with Gasteiger partial charge in [0.1, 0.15) is 11.4 Å². The van der Waals surface area contributed by atoms with Gasteiger partial charge in [0.25, 0.3) is 5.91 Å². The predicted octanol–water partition coefficient (Wildman–Crippen LogP) is 2.22. The van der Waals surface area contributed by atoms with Crippen LogP contribution in [0, 0.1) is 0 Å². The second kappa shape index (κ2) is 6.68. The van der Waals surface area contributed by atoms with Crippen molar-refractivity contribution >= 4 is 23.6 Å². The maximum absolute atomic E-state index is 11.7. The van der Waals surface area contributed by atoms with Crippen molar-refractivity contribution < 1.29 is 23.9 Å². The number of carbonyl (C=O) groups is 3. The molecule has 7 heteroatoms. The van der Waals surface area contributed by atoms with Gasteiger partial charge >= 0.3 is 6.09 Å². The Balaban J connectivity index is 1.91. The molecular weight excluding hydrogens is 300 g/mol. The summed E-state index contributed by atoms with van der Waals surface area (Å²) < 4.78 is 10.7. The van der Waals surface area contributed by atoms with E-state index in [0.717, 1.165) is 0 Å². The minimum Gasteiger partial charge on any atom is -0.481 e. The second-order valence-corrected chi connectivity index (χ2v) is 6.21. The number of rotatable bonds is 3. The molecule has 1 heterocycles. The molecule has 1 aliphatic rings. The van der Waals surface area contributed by atoms with Crippen molar-refractivity contribution in [3.8, 4) is 5.75 Å². The van der Waals surface area contributed by atoms with Gasteiger partial charge in [0.2, 0.25) is 5.91 Å². The average Bonchev–Trinajstić information content (AvgIpc) is 2.42. The van der Waals surface area contributed by atoms with Crippen LogP contribution in [0.4, 0.5) is 10.5 Å². The largest absolute Gasteiger partial charge is 0.481 e. The molecular formula is C16H20N2O5. The topological polar surface area (TPSA) is 93.7 Å². The van der Waals surface area contributed by atoms with Gasteiger partial charge in [-0.3, -0.25) is 20.2 Å². The Morgan fingerprint density at radius 2 is 1.87 bits per heavy atom. The van der Waals surface area contributed by atoms with Crippen LogP contribution < -0.4 is 15.4 Å². The molecule has 0 aromatic heterocycles. The van der Waals surface area contributed by atoms with Gasteiger partial charge in [-0.05, 0) is 45.0 Å². The van der Waals surface area contributed by atoms with Crippen molar-refractivity contribution in [2.45, 2.75) is 45.3 Å². The number of anilines is 1. The number of amides is 3. The molecule has 2 N–H and O–H groups in total. The third-order valence-electron chi connectivity index (χ3n) is 2.97. The third-order valence-corrected chi connectivity index (χ3v) is 2.97. The molecule has 1 saturated heterocycles. The molecule has 0 radical (unpaired) electrons. The first-order valence-electron chi connectivity index (χ1n) is 7.33. The first-order valence-corrected chi connectivity index (χ1v) is 7.33. The van der Waals surface area contributed by atoms with E-state index < -0.39 is 23.7 Å². The van der Waals surface area contributed by atoms with E-state index in [1.807, 2.05) is 0 Å². The van der Waals surface area contributed by atoms with Gasteiger partial charge < -0.3 is 9.47 Å². The Bertz CT molecular complexity index is 604. The number of piperidine rings is 1. The quantitative estimate of drug-likeness (QED) is 0.833. The monoisotopic (exact) mass is 320 g/mol. The molecule has 3 amide bonds. The summed E-state index contributed by atoms with van der Waals surface area (Å²) in [6, 6.07) is 6.56. The molecule has 1 aromatic rings. The number of imide groups is 1. The molecule has 1 unspecified atom stereocenters. The van der Waals surface area contributed by atoms with Crippen LogP contribution in [0.25, 0.3) is 0 Å². The van der Waals surface area contributed by atoms with Crippen molar-refractivity contribution in [1.29, 1.82) is 0 Å². The highest BCUT2D eigenvalue weighted by Gasteiger charge is 2.28. The maximum atomic E-state index is 11.7. The van der Waals surface area contributed by atoms with Crippen LogP contribution in [0.3, 0.4) is 0 Å². The smallest absolute Gasteiger partial charge is 0.412 e. The summed E-state index contributed by atoms with van der Waals surface area (Å²) in [5, 5.41) is 4.84. The molecule has 7 nitrogen and oxygen atoms in total. The fraction of sp³-hybridized carbons (Fsp3) is 0.438. The minimum absolute atomic E-state index is 0.259. The second-order valence-electron chi connectivity index (χ2n) is 6.21. The zero-order valence-corrected chi connectivity index (χ0v) is 13.3. The number of hydrogen-bond donors (Lipinski definition) is 2.